The molecular weight excluding hydrogens is 392 g/mol. The van der Waals surface area contributed by atoms with E-state index in [1.165, 1.54) is 10.9 Å². The SMILES string of the molecule is Cc1c(C(=O)NC(Cc2c[nH]c3ccccc23)C(=O)O)sc2ncn(C)c(=O)c12. The number of para-hydroxylation sites is 1. The van der Waals surface area contributed by atoms with Gasteiger partial charge in [0.15, 0.2) is 0 Å². The molecule has 8 nitrogen and oxygen atoms in total. The molecule has 0 radical (unpaired) electrons. The highest BCUT2D eigenvalue weighted by atomic mass is 32.1. The molecule has 1 atom stereocenters. The van der Waals surface area contributed by atoms with Crippen LogP contribution in [0.25, 0.3) is 21.1 Å². The fourth-order valence-electron chi connectivity index (χ4n) is 3.37. The first-order chi connectivity index (χ1) is 13.9. The van der Waals surface area contributed by atoms with Crippen LogP contribution in [0, 0.1) is 6.92 Å². The zero-order valence-electron chi connectivity index (χ0n) is 15.7. The lowest BCUT2D eigenvalue weighted by molar-refractivity contribution is -0.139. The maximum atomic E-state index is 12.8. The summed E-state index contributed by atoms with van der Waals surface area (Å²) in [7, 11) is 1.59. The largest absolute Gasteiger partial charge is 0.480 e. The number of hydrogen-bond donors (Lipinski definition) is 3. The predicted octanol–water partition coefficient (Wildman–Crippen LogP) is 2.21. The molecule has 0 fully saturated rings. The molecule has 1 aromatic carbocycles. The fourth-order valence-corrected chi connectivity index (χ4v) is 4.41. The Hall–Kier alpha value is -3.46. The topological polar surface area (TPSA) is 117 Å². The molecule has 9 heteroatoms. The number of aromatic nitrogens is 3. The number of fused-ring (bicyclic) bond motifs is 2. The van der Waals surface area contributed by atoms with Crippen LogP contribution < -0.4 is 10.9 Å². The minimum Gasteiger partial charge on any atom is -0.480 e. The number of thiophene rings is 1. The Labute approximate surface area is 168 Å². The highest BCUT2D eigenvalue weighted by molar-refractivity contribution is 7.20. The van der Waals surface area contributed by atoms with E-state index in [1.54, 1.807) is 20.2 Å². The molecule has 3 heterocycles. The zero-order chi connectivity index (χ0) is 20.7. The third-order valence-corrected chi connectivity index (χ3v) is 6.12. The Morgan fingerprint density at radius 2 is 2.10 bits per heavy atom. The van der Waals surface area contributed by atoms with Crippen LogP contribution in [0.4, 0.5) is 0 Å². The number of aliphatic carboxylic acids is 1. The van der Waals surface area contributed by atoms with E-state index in [0.29, 0.717) is 20.7 Å². The Morgan fingerprint density at radius 1 is 1.34 bits per heavy atom. The normalized spacial score (nSPS) is 12.3. The molecule has 4 rings (SSSR count). The van der Waals surface area contributed by atoms with E-state index in [4.69, 9.17) is 0 Å². The first kappa shape index (κ1) is 18.9. The van der Waals surface area contributed by atoms with Crippen molar-refractivity contribution >= 4 is 44.3 Å². The Balaban J connectivity index is 1.64. The van der Waals surface area contributed by atoms with E-state index in [-0.39, 0.29) is 12.0 Å². The number of benzene rings is 1. The minimum atomic E-state index is -1.13. The van der Waals surface area contributed by atoms with Gasteiger partial charge in [0.1, 0.15) is 10.9 Å². The zero-order valence-corrected chi connectivity index (χ0v) is 16.5. The van der Waals surface area contributed by atoms with Crippen molar-refractivity contribution in [3.05, 3.63) is 63.1 Å². The molecule has 29 heavy (non-hydrogen) atoms. The summed E-state index contributed by atoms with van der Waals surface area (Å²) in [6.07, 6.45) is 3.29. The van der Waals surface area contributed by atoms with Crippen molar-refractivity contribution in [2.75, 3.05) is 0 Å². The first-order valence-corrected chi connectivity index (χ1v) is 9.72. The number of amides is 1. The van der Waals surface area contributed by atoms with Crippen molar-refractivity contribution in [2.45, 2.75) is 19.4 Å². The average Bonchev–Trinajstić information content (AvgIpc) is 3.26. The van der Waals surface area contributed by atoms with Gasteiger partial charge < -0.3 is 20.0 Å². The van der Waals surface area contributed by atoms with Crippen LogP contribution in [0.3, 0.4) is 0 Å². The summed E-state index contributed by atoms with van der Waals surface area (Å²) in [6.45, 7) is 1.67. The van der Waals surface area contributed by atoms with Crippen LogP contribution in [0.1, 0.15) is 20.8 Å². The van der Waals surface area contributed by atoms with Gasteiger partial charge in [-0.2, -0.15) is 0 Å². The summed E-state index contributed by atoms with van der Waals surface area (Å²) in [5, 5.41) is 13.5. The number of H-pyrrole nitrogens is 1. The summed E-state index contributed by atoms with van der Waals surface area (Å²) < 4.78 is 1.35. The quantitative estimate of drug-likeness (QED) is 0.466. The van der Waals surface area contributed by atoms with Crippen LogP contribution in [0.15, 0.2) is 41.6 Å². The Bertz CT molecular complexity index is 1320. The fraction of sp³-hybridized carbons (Fsp3) is 0.200. The molecule has 1 unspecified atom stereocenters. The standard InChI is InChI=1S/C20H18N4O4S/c1-10-15-18(22-9-24(2)19(15)26)29-16(10)17(25)23-14(20(27)28)7-11-8-21-13-6-4-3-5-12(11)13/h3-6,8-9,14,21H,7H2,1-2H3,(H,23,25)(H,27,28). The van der Waals surface area contributed by atoms with Gasteiger partial charge in [0.25, 0.3) is 11.5 Å². The lowest BCUT2D eigenvalue weighted by Gasteiger charge is -2.14. The molecule has 0 saturated carbocycles. The number of carbonyl (C=O) groups is 2. The number of carboxylic acids is 1. The lowest BCUT2D eigenvalue weighted by atomic mass is 10.0. The molecule has 1 amide bonds. The van der Waals surface area contributed by atoms with E-state index in [1.807, 2.05) is 24.3 Å². The summed E-state index contributed by atoms with van der Waals surface area (Å²) in [5.41, 5.74) is 1.97. The number of hydrogen-bond acceptors (Lipinski definition) is 5. The van der Waals surface area contributed by atoms with Crippen molar-refractivity contribution in [3.8, 4) is 0 Å². The van der Waals surface area contributed by atoms with Crippen LogP contribution in [-0.2, 0) is 18.3 Å². The number of carbonyl (C=O) groups excluding carboxylic acids is 1. The molecule has 3 aromatic heterocycles. The van der Waals surface area contributed by atoms with Gasteiger partial charge in [-0.15, -0.1) is 11.3 Å². The third kappa shape index (κ3) is 3.29. The summed E-state index contributed by atoms with van der Waals surface area (Å²) >= 11 is 1.08. The van der Waals surface area contributed by atoms with E-state index < -0.39 is 17.9 Å². The molecule has 0 spiro atoms. The van der Waals surface area contributed by atoms with Crippen molar-refractivity contribution in [1.29, 1.82) is 0 Å². The number of aromatic amines is 1. The van der Waals surface area contributed by atoms with Crippen LogP contribution >= 0.6 is 11.3 Å². The van der Waals surface area contributed by atoms with E-state index in [0.717, 1.165) is 27.8 Å². The van der Waals surface area contributed by atoms with E-state index in [9.17, 15) is 19.5 Å². The maximum Gasteiger partial charge on any atom is 0.326 e. The molecular formula is C20H18N4O4S. The van der Waals surface area contributed by atoms with Crippen molar-refractivity contribution in [1.82, 2.24) is 19.9 Å². The molecule has 0 saturated heterocycles. The lowest BCUT2D eigenvalue weighted by Crippen LogP contribution is -2.42. The highest BCUT2D eigenvalue weighted by Gasteiger charge is 2.25. The smallest absolute Gasteiger partial charge is 0.326 e. The Morgan fingerprint density at radius 3 is 2.86 bits per heavy atom. The highest BCUT2D eigenvalue weighted by Crippen LogP contribution is 2.27. The van der Waals surface area contributed by atoms with Crippen LogP contribution in [0.5, 0.6) is 0 Å². The first-order valence-electron chi connectivity index (χ1n) is 8.90. The summed E-state index contributed by atoms with van der Waals surface area (Å²) in [6, 6.07) is 6.46. The van der Waals surface area contributed by atoms with Gasteiger partial charge in [0, 0.05) is 30.6 Å². The number of aryl methyl sites for hydroxylation is 2. The van der Waals surface area contributed by atoms with Gasteiger partial charge in [0.05, 0.1) is 16.6 Å². The number of nitrogens with zero attached hydrogens (tertiary/aromatic N) is 2. The van der Waals surface area contributed by atoms with E-state index in [2.05, 4.69) is 15.3 Å². The van der Waals surface area contributed by atoms with Crippen molar-refractivity contribution in [3.63, 3.8) is 0 Å². The molecule has 4 aromatic rings. The second kappa shape index (κ2) is 7.17. The van der Waals surface area contributed by atoms with Crippen molar-refractivity contribution in [2.24, 2.45) is 7.05 Å². The molecule has 0 aliphatic rings. The van der Waals surface area contributed by atoms with Gasteiger partial charge in [-0.05, 0) is 24.1 Å². The second-order valence-corrected chi connectivity index (χ2v) is 7.82. The van der Waals surface area contributed by atoms with Gasteiger partial charge in [0.2, 0.25) is 0 Å². The van der Waals surface area contributed by atoms with E-state index >= 15 is 0 Å². The minimum absolute atomic E-state index is 0.134. The Kier molecular flexibility index (Phi) is 4.67. The second-order valence-electron chi connectivity index (χ2n) is 6.82. The van der Waals surface area contributed by atoms with Crippen LogP contribution in [-0.4, -0.2) is 37.6 Å². The predicted molar refractivity (Wildman–Crippen MR) is 110 cm³/mol. The van der Waals surface area contributed by atoms with Crippen molar-refractivity contribution < 1.29 is 14.7 Å². The average molecular weight is 410 g/mol. The summed E-state index contributed by atoms with van der Waals surface area (Å²) in [4.78, 5) is 45.0. The van der Waals surface area contributed by atoms with Gasteiger partial charge in [-0.25, -0.2) is 9.78 Å². The maximum absolute atomic E-state index is 12.8. The summed E-state index contributed by atoms with van der Waals surface area (Å²) in [5.74, 6) is -1.66. The molecule has 0 aliphatic heterocycles. The number of nitrogens with one attached hydrogen (secondary N) is 2. The van der Waals surface area contributed by atoms with Crippen LogP contribution in [0.2, 0.25) is 0 Å². The number of rotatable bonds is 5. The van der Waals surface area contributed by atoms with Gasteiger partial charge in [-0.3, -0.25) is 9.59 Å². The molecule has 0 bridgehead atoms. The third-order valence-electron chi connectivity index (χ3n) is 4.92. The van der Waals surface area contributed by atoms with Gasteiger partial charge in [-0.1, -0.05) is 18.2 Å². The molecule has 3 N–H and O–H groups in total. The van der Waals surface area contributed by atoms with Gasteiger partial charge >= 0.3 is 5.97 Å². The number of carboxylic acid groups (broad SMARTS) is 1. The molecule has 148 valence electrons. The monoisotopic (exact) mass is 410 g/mol. The molecule has 0 aliphatic carbocycles.